The number of carbonyl (C=O) groups excluding carboxylic acids is 1. The monoisotopic (exact) mass is 270 g/mol. The van der Waals surface area contributed by atoms with E-state index in [4.69, 9.17) is 4.74 Å². The van der Waals surface area contributed by atoms with Gasteiger partial charge in [-0.1, -0.05) is 36.4 Å². The molecule has 2 aromatic carbocycles. The summed E-state index contributed by atoms with van der Waals surface area (Å²) in [5.74, 6) is -0.344. The molecule has 0 aliphatic carbocycles. The zero-order valence-electron chi connectivity index (χ0n) is 11.0. The van der Waals surface area contributed by atoms with E-state index in [1.54, 1.807) is 12.1 Å². The van der Waals surface area contributed by atoms with Gasteiger partial charge in [-0.3, -0.25) is 4.79 Å². The Morgan fingerprint density at radius 3 is 2.90 bits per heavy atom. The van der Waals surface area contributed by atoms with E-state index in [0.29, 0.717) is 12.2 Å². The number of Topliss-reactive ketones (excluding diaryl/α,β-unsaturated/α-hetero) is 1. The Hall–Kier alpha value is -2.00. The van der Waals surface area contributed by atoms with Crippen LogP contribution in [0.3, 0.4) is 0 Å². The third-order valence-electron chi connectivity index (χ3n) is 3.55. The van der Waals surface area contributed by atoms with Crippen molar-refractivity contribution < 1.29 is 13.9 Å². The molecule has 2 aromatic rings. The van der Waals surface area contributed by atoms with Crippen LogP contribution in [0.25, 0.3) is 0 Å². The maximum atomic E-state index is 13.2. The van der Waals surface area contributed by atoms with Gasteiger partial charge in [-0.25, -0.2) is 4.39 Å². The number of carbonyl (C=O) groups is 1. The topological polar surface area (TPSA) is 26.3 Å². The second-order valence-electron chi connectivity index (χ2n) is 4.97. The molecular weight excluding hydrogens is 255 g/mol. The molecular formula is C17H15FO2. The van der Waals surface area contributed by atoms with Gasteiger partial charge >= 0.3 is 0 Å². The summed E-state index contributed by atoms with van der Waals surface area (Å²) >= 11 is 0. The predicted octanol–water partition coefficient (Wildman–Crippen LogP) is 3.25. The Morgan fingerprint density at radius 1 is 1.20 bits per heavy atom. The number of fused-ring (bicyclic) bond motifs is 1. The van der Waals surface area contributed by atoms with Crippen LogP contribution in [0.5, 0.6) is 0 Å². The molecule has 0 bridgehead atoms. The Balaban J connectivity index is 1.82. The summed E-state index contributed by atoms with van der Waals surface area (Å²) in [7, 11) is 0. The third-order valence-corrected chi connectivity index (χ3v) is 3.55. The molecule has 1 heterocycles. The van der Waals surface area contributed by atoms with E-state index in [0.717, 1.165) is 17.5 Å². The van der Waals surface area contributed by atoms with Crippen molar-refractivity contribution in [2.75, 3.05) is 6.61 Å². The van der Waals surface area contributed by atoms with Crippen molar-refractivity contribution in [3.63, 3.8) is 0 Å². The lowest BCUT2D eigenvalue weighted by Crippen LogP contribution is -2.24. The summed E-state index contributed by atoms with van der Waals surface area (Å²) in [5, 5.41) is 0. The maximum absolute atomic E-state index is 13.2. The maximum Gasteiger partial charge on any atom is 0.170 e. The molecule has 3 heteroatoms. The van der Waals surface area contributed by atoms with Gasteiger partial charge in [0.15, 0.2) is 5.78 Å². The van der Waals surface area contributed by atoms with Gasteiger partial charge in [-0.2, -0.15) is 0 Å². The molecule has 102 valence electrons. The molecule has 0 fully saturated rings. The van der Waals surface area contributed by atoms with Crippen LogP contribution in [0.15, 0.2) is 48.5 Å². The second kappa shape index (κ2) is 5.55. The minimum absolute atomic E-state index is 0.0252. The number of ether oxygens (including phenoxy) is 1. The van der Waals surface area contributed by atoms with Crippen LogP contribution in [0, 0.1) is 5.82 Å². The number of hydrogen-bond donors (Lipinski definition) is 0. The number of benzene rings is 2. The molecule has 20 heavy (non-hydrogen) atoms. The molecule has 2 nitrogen and oxygen atoms in total. The Bertz CT molecular complexity index is 636. The van der Waals surface area contributed by atoms with Gasteiger partial charge in [-0.05, 0) is 35.2 Å². The van der Waals surface area contributed by atoms with Crippen LogP contribution in [-0.2, 0) is 22.4 Å². The summed E-state index contributed by atoms with van der Waals surface area (Å²) in [5.41, 5.74) is 2.79. The Labute approximate surface area is 117 Å². The van der Waals surface area contributed by atoms with Crippen molar-refractivity contribution in [3.05, 3.63) is 71.0 Å². The Morgan fingerprint density at radius 2 is 2.05 bits per heavy atom. The highest BCUT2D eigenvalue weighted by molar-refractivity contribution is 5.87. The summed E-state index contributed by atoms with van der Waals surface area (Å²) in [6, 6.07) is 14.0. The standard InChI is InChI=1S/C17H15FO2/c18-14-6-3-4-12(10-14)11-16(19)17-15-7-2-1-5-13(15)8-9-20-17/h1-7,10,17H,8-9,11H2. The number of rotatable bonds is 3. The summed E-state index contributed by atoms with van der Waals surface area (Å²) in [4.78, 5) is 12.4. The second-order valence-corrected chi connectivity index (χ2v) is 4.97. The molecule has 1 aliphatic rings. The first-order valence-corrected chi connectivity index (χ1v) is 6.70. The fourth-order valence-corrected chi connectivity index (χ4v) is 2.60. The lowest BCUT2D eigenvalue weighted by Gasteiger charge is -2.25. The fourth-order valence-electron chi connectivity index (χ4n) is 2.60. The Kier molecular flexibility index (Phi) is 3.61. The van der Waals surface area contributed by atoms with E-state index in [2.05, 4.69) is 0 Å². The molecule has 0 spiro atoms. The minimum atomic E-state index is -0.525. The van der Waals surface area contributed by atoms with Crippen molar-refractivity contribution in [2.24, 2.45) is 0 Å². The normalized spacial score (nSPS) is 17.6. The van der Waals surface area contributed by atoms with Crippen molar-refractivity contribution in [2.45, 2.75) is 18.9 Å². The first kappa shape index (κ1) is 13.0. The molecule has 1 aliphatic heterocycles. The first-order valence-electron chi connectivity index (χ1n) is 6.70. The van der Waals surface area contributed by atoms with Crippen LogP contribution in [0.4, 0.5) is 4.39 Å². The largest absolute Gasteiger partial charge is 0.365 e. The van der Waals surface area contributed by atoms with Crippen molar-refractivity contribution in [1.29, 1.82) is 0 Å². The van der Waals surface area contributed by atoms with Gasteiger partial charge in [-0.15, -0.1) is 0 Å². The zero-order valence-corrected chi connectivity index (χ0v) is 11.0. The molecule has 1 unspecified atom stereocenters. The highest BCUT2D eigenvalue weighted by atomic mass is 19.1. The molecule has 0 saturated carbocycles. The quantitative estimate of drug-likeness (QED) is 0.855. The van der Waals surface area contributed by atoms with E-state index in [9.17, 15) is 9.18 Å². The highest BCUT2D eigenvalue weighted by Gasteiger charge is 2.26. The fraction of sp³-hybridized carbons (Fsp3) is 0.235. The smallest absolute Gasteiger partial charge is 0.170 e. The number of ketones is 1. The molecule has 0 radical (unpaired) electrons. The summed E-state index contributed by atoms with van der Waals surface area (Å²) in [6.45, 7) is 0.552. The first-order chi connectivity index (χ1) is 9.74. The van der Waals surface area contributed by atoms with Gasteiger partial charge in [0.05, 0.1) is 6.61 Å². The molecule has 1 atom stereocenters. The van der Waals surface area contributed by atoms with Crippen LogP contribution >= 0.6 is 0 Å². The predicted molar refractivity (Wildman–Crippen MR) is 74.0 cm³/mol. The minimum Gasteiger partial charge on any atom is -0.365 e. The summed E-state index contributed by atoms with van der Waals surface area (Å²) in [6.07, 6.45) is 0.500. The van der Waals surface area contributed by atoms with Gasteiger partial charge in [0.1, 0.15) is 11.9 Å². The molecule has 0 saturated heterocycles. The van der Waals surface area contributed by atoms with Gasteiger partial charge in [0, 0.05) is 6.42 Å². The van der Waals surface area contributed by atoms with E-state index in [1.807, 2.05) is 24.3 Å². The molecule has 0 N–H and O–H groups in total. The molecule has 0 aromatic heterocycles. The highest BCUT2D eigenvalue weighted by Crippen LogP contribution is 2.28. The third kappa shape index (κ3) is 2.63. The molecule has 0 amide bonds. The van der Waals surface area contributed by atoms with Gasteiger partial charge < -0.3 is 4.74 Å². The lowest BCUT2D eigenvalue weighted by molar-refractivity contribution is -0.131. The van der Waals surface area contributed by atoms with Crippen LogP contribution in [-0.4, -0.2) is 12.4 Å². The average Bonchev–Trinajstić information content (AvgIpc) is 2.46. The average molecular weight is 270 g/mol. The van der Waals surface area contributed by atoms with E-state index in [-0.39, 0.29) is 18.0 Å². The zero-order chi connectivity index (χ0) is 13.9. The number of halogens is 1. The SMILES string of the molecule is O=C(Cc1cccc(F)c1)C1OCCc2ccccc21. The van der Waals surface area contributed by atoms with E-state index >= 15 is 0 Å². The van der Waals surface area contributed by atoms with Crippen molar-refractivity contribution >= 4 is 5.78 Å². The van der Waals surface area contributed by atoms with Gasteiger partial charge in [0.2, 0.25) is 0 Å². The molecule has 3 rings (SSSR count). The summed E-state index contributed by atoms with van der Waals surface area (Å²) < 4.78 is 18.8. The van der Waals surface area contributed by atoms with Crippen molar-refractivity contribution in [1.82, 2.24) is 0 Å². The van der Waals surface area contributed by atoms with E-state index in [1.165, 1.54) is 12.1 Å². The van der Waals surface area contributed by atoms with Crippen LogP contribution in [0.2, 0.25) is 0 Å². The number of hydrogen-bond acceptors (Lipinski definition) is 2. The van der Waals surface area contributed by atoms with Crippen LogP contribution < -0.4 is 0 Å². The lowest BCUT2D eigenvalue weighted by atomic mass is 9.93. The van der Waals surface area contributed by atoms with Gasteiger partial charge in [0.25, 0.3) is 0 Å². The van der Waals surface area contributed by atoms with E-state index < -0.39 is 6.10 Å². The van der Waals surface area contributed by atoms with Crippen molar-refractivity contribution in [3.8, 4) is 0 Å². The van der Waals surface area contributed by atoms with Crippen LogP contribution in [0.1, 0.15) is 22.8 Å².